The Labute approximate surface area is 166 Å². The molecule has 1 N–H and O–H groups in total. The van der Waals surface area contributed by atoms with Gasteiger partial charge in [-0.1, -0.05) is 57.0 Å². The van der Waals surface area contributed by atoms with Crippen LogP contribution in [-0.4, -0.2) is 41.1 Å². The van der Waals surface area contributed by atoms with E-state index in [1.165, 1.54) is 6.42 Å². The molecule has 2 aliphatic rings. The maximum absolute atomic E-state index is 13.2. The van der Waals surface area contributed by atoms with Crippen LogP contribution >= 0.6 is 11.8 Å². The quantitative estimate of drug-likeness (QED) is 0.750. The summed E-state index contributed by atoms with van der Waals surface area (Å²) in [5.41, 5.74) is 1.03. The van der Waals surface area contributed by atoms with Crippen LogP contribution in [0, 0.1) is 5.92 Å². The topological polar surface area (TPSA) is 49.4 Å². The van der Waals surface area contributed by atoms with Crippen LogP contribution in [0.2, 0.25) is 0 Å². The molecule has 2 amide bonds. The first kappa shape index (κ1) is 20.0. The molecular formula is C22H30N2O2S. The van der Waals surface area contributed by atoms with Crippen molar-refractivity contribution < 1.29 is 9.59 Å². The lowest BCUT2D eigenvalue weighted by molar-refractivity contribution is -0.135. The monoisotopic (exact) mass is 386 g/mol. The van der Waals surface area contributed by atoms with Gasteiger partial charge in [-0.15, -0.1) is 11.8 Å². The van der Waals surface area contributed by atoms with Gasteiger partial charge in [0.1, 0.15) is 6.54 Å². The van der Waals surface area contributed by atoms with Crippen LogP contribution in [0.4, 0.5) is 0 Å². The molecule has 1 heterocycles. The number of amides is 2. The zero-order valence-electron chi connectivity index (χ0n) is 16.3. The van der Waals surface area contributed by atoms with Gasteiger partial charge in [0.05, 0.1) is 4.91 Å². The number of fused-ring (bicyclic) bond motifs is 1. The molecule has 4 nitrogen and oxygen atoms in total. The van der Waals surface area contributed by atoms with E-state index in [9.17, 15) is 9.59 Å². The van der Waals surface area contributed by atoms with Gasteiger partial charge in [-0.3, -0.25) is 9.59 Å². The van der Waals surface area contributed by atoms with Crippen LogP contribution in [0.1, 0.15) is 51.5 Å². The molecule has 2 fully saturated rings. The summed E-state index contributed by atoms with van der Waals surface area (Å²) in [4.78, 5) is 28.2. The Morgan fingerprint density at radius 2 is 2.00 bits per heavy atom. The smallest absolute Gasteiger partial charge is 0.261 e. The fourth-order valence-corrected chi connectivity index (χ4v) is 5.25. The summed E-state index contributed by atoms with van der Waals surface area (Å²) >= 11 is 1.71. The third-order valence-electron chi connectivity index (χ3n) is 5.27. The van der Waals surface area contributed by atoms with Crippen LogP contribution in [0.3, 0.4) is 0 Å². The summed E-state index contributed by atoms with van der Waals surface area (Å²) in [5, 5.41) is 3.38. The van der Waals surface area contributed by atoms with Crippen LogP contribution in [-0.2, 0) is 9.59 Å². The van der Waals surface area contributed by atoms with Gasteiger partial charge in [0.15, 0.2) is 0 Å². The number of nitrogens with zero attached hydrogens (tertiary/aromatic N) is 1. The number of nitrogens with one attached hydrogen (secondary N) is 1. The highest BCUT2D eigenvalue weighted by atomic mass is 32.2. The molecule has 3 rings (SSSR count). The second-order valence-corrected chi connectivity index (χ2v) is 9.17. The molecule has 1 aliphatic heterocycles. The van der Waals surface area contributed by atoms with Crippen LogP contribution in [0.25, 0.3) is 6.08 Å². The summed E-state index contributed by atoms with van der Waals surface area (Å²) in [7, 11) is 0. The van der Waals surface area contributed by atoms with Gasteiger partial charge >= 0.3 is 0 Å². The van der Waals surface area contributed by atoms with E-state index in [1.807, 2.05) is 41.3 Å². The van der Waals surface area contributed by atoms with Crippen molar-refractivity contribution in [2.75, 3.05) is 13.1 Å². The van der Waals surface area contributed by atoms with Crippen molar-refractivity contribution in [3.63, 3.8) is 0 Å². The summed E-state index contributed by atoms with van der Waals surface area (Å²) in [6.45, 7) is 5.13. The van der Waals surface area contributed by atoms with E-state index >= 15 is 0 Å². The van der Waals surface area contributed by atoms with Gasteiger partial charge in [0, 0.05) is 17.8 Å². The van der Waals surface area contributed by atoms with Crippen LogP contribution in [0.5, 0.6) is 0 Å². The minimum Gasteiger partial charge on any atom is -0.355 e. The molecule has 2 atom stereocenters. The summed E-state index contributed by atoms with van der Waals surface area (Å²) in [6, 6.07) is 10.1. The van der Waals surface area contributed by atoms with Crippen molar-refractivity contribution >= 4 is 29.7 Å². The molecule has 0 spiro atoms. The summed E-state index contributed by atoms with van der Waals surface area (Å²) in [6.07, 6.45) is 7.39. The molecule has 0 bridgehead atoms. The lowest BCUT2D eigenvalue weighted by atomic mass is 9.93. The standard InChI is InChI=1S/C22H30N2O2S/c1-16(2)12-13-23-21(25)15-24-18-10-6-7-11-19(18)27-20(22(24)26)14-17-8-4-3-5-9-17/h3-5,8-9,14,16,18-19H,6-7,10-13,15H2,1-2H3,(H,23,25)/b20-14-. The van der Waals surface area contributed by atoms with Gasteiger partial charge in [-0.05, 0) is 36.8 Å². The molecule has 2 unspecified atom stereocenters. The average Bonchev–Trinajstić information content (AvgIpc) is 2.65. The van der Waals surface area contributed by atoms with Crippen molar-refractivity contribution in [3.8, 4) is 0 Å². The minimum absolute atomic E-state index is 0.00557. The fourth-order valence-electron chi connectivity index (χ4n) is 3.77. The number of hydrogen-bond donors (Lipinski definition) is 1. The van der Waals surface area contributed by atoms with Gasteiger partial charge in [0.25, 0.3) is 5.91 Å². The van der Waals surface area contributed by atoms with E-state index in [0.29, 0.717) is 17.7 Å². The average molecular weight is 387 g/mol. The van der Waals surface area contributed by atoms with Gasteiger partial charge in [0.2, 0.25) is 5.91 Å². The first-order valence-corrected chi connectivity index (χ1v) is 10.9. The molecule has 146 valence electrons. The third kappa shape index (κ3) is 5.38. The van der Waals surface area contributed by atoms with Crippen molar-refractivity contribution in [2.45, 2.75) is 57.2 Å². The predicted octanol–water partition coefficient (Wildman–Crippen LogP) is 4.08. The highest BCUT2D eigenvalue weighted by Gasteiger charge is 2.41. The molecule has 5 heteroatoms. The van der Waals surface area contributed by atoms with Gasteiger partial charge < -0.3 is 10.2 Å². The van der Waals surface area contributed by atoms with E-state index in [0.717, 1.165) is 36.2 Å². The predicted molar refractivity (Wildman–Crippen MR) is 112 cm³/mol. The van der Waals surface area contributed by atoms with E-state index < -0.39 is 0 Å². The molecule has 1 aromatic carbocycles. The van der Waals surface area contributed by atoms with E-state index in [-0.39, 0.29) is 24.4 Å². The van der Waals surface area contributed by atoms with Crippen molar-refractivity contribution in [3.05, 3.63) is 40.8 Å². The Morgan fingerprint density at radius 1 is 1.26 bits per heavy atom. The largest absolute Gasteiger partial charge is 0.355 e. The summed E-state index contributed by atoms with van der Waals surface area (Å²) in [5.74, 6) is 0.520. The molecular weight excluding hydrogens is 356 g/mol. The Balaban J connectivity index is 1.74. The molecule has 1 saturated heterocycles. The number of benzene rings is 1. The molecule has 1 saturated carbocycles. The third-order valence-corrected chi connectivity index (χ3v) is 6.67. The maximum Gasteiger partial charge on any atom is 0.261 e. The Hall–Kier alpha value is -1.75. The number of carbonyl (C=O) groups excluding carboxylic acids is 2. The summed E-state index contributed by atoms with van der Waals surface area (Å²) < 4.78 is 0. The second kappa shape index (κ2) is 9.45. The van der Waals surface area contributed by atoms with Crippen molar-refractivity contribution in [2.24, 2.45) is 5.92 Å². The molecule has 1 aliphatic carbocycles. The van der Waals surface area contributed by atoms with E-state index in [4.69, 9.17) is 0 Å². The van der Waals surface area contributed by atoms with Crippen molar-refractivity contribution in [1.29, 1.82) is 0 Å². The fraction of sp³-hybridized carbons (Fsp3) is 0.545. The van der Waals surface area contributed by atoms with Gasteiger partial charge in [-0.2, -0.15) is 0 Å². The van der Waals surface area contributed by atoms with E-state index in [1.54, 1.807) is 11.8 Å². The molecule has 27 heavy (non-hydrogen) atoms. The Bertz CT molecular complexity index is 687. The van der Waals surface area contributed by atoms with Gasteiger partial charge in [-0.25, -0.2) is 0 Å². The first-order chi connectivity index (χ1) is 13.0. The zero-order valence-corrected chi connectivity index (χ0v) is 17.1. The molecule has 0 aromatic heterocycles. The number of thioether (sulfide) groups is 1. The lowest BCUT2D eigenvalue weighted by Gasteiger charge is -2.43. The Morgan fingerprint density at radius 3 is 2.74 bits per heavy atom. The van der Waals surface area contributed by atoms with Crippen LogP contribution < -0.4 is 5.32 Å². The number of hydrogen-bond acceptors (Lipinski definition) is 3. The highest BCUT2D eigenvalue weighted by Crippen LogP contribution is 2.42. The van der Waals surface area contributed by atoms with E-state index in [2.05, 4.69) is 19.2 Å². The SMILES string of the molecule is CC(C)CCNC(=O)CN1C(=O)/C(=C/c2ccccc2)SC2CCCCC21. The Kier molecular flexibility index (Phi) is 7.00. The highest BCUT2D eigenvalue weighted by molar-refractivity contribution is 8.04. The zero-order chi connectivity index (χ0) is 19.2. The molecule has 0 radical (unpaired) electrons. The number of rotatable bonds is 6. The normalized spacial score (nSPS) is 24.2. The second-order valence-electron chi connectivity index (χ2n) is 7.89. The van der Waals surface area contributed by atoms with Crippen LogP contribution in [0.15, 0.2) is 35.2 Å². The number of carbonyl (C=O) groups is 2. The van der Waals surface area contributed by atoms with Crippen molar-refractivity contribution in [1.82, 2.24) is 10.2 Å². The molecule has 1 aromatic rings. The maximum atomic E-state index is 13.2. The minimum atomic E-state index is -0.0423. The first-order valence-electron chi connectivity index (χ1n) is 10.1. The lowest BCUT2D eigenvalue weighted by Crippen LogP contribution is -2.54.